The molecule has 81 valence electrons. The highest BCUT2D eigenvalue weighted by Crippen LogP contribution is 2.05. The molecule has 7 nitrogen and oxygen atoms in total. The van der Waals surface area contributed by atoms with Crippen LogP contribution in [0.2, 0.25) is 0 Å². The lowest BCUT2D eigenvalue weighted by atomic mass is 10.4. The molecule has 0 fully saturated rings. The summed E-state index contributed by atoms with van der Waals surface area (Å²) in [7, 11) is -9.01. The zero-order valence-electron chi connectivity index (χ0n) is 7.00. The molecule has 0 spiro atoms. The van der Waals surface area contributed by atoms with Gasteiger partial charge in [0.25, 0.3) is 10.1 Å². The Balaban J connectivity index is 5.04. The van der Waals surface area contributed by atoms with Crippen LogP contribution in [-0.2, 0) is 28.7 Å². The summed E-state index contributed by atoms with van der Waals surface area (Å²) in [4.78, 5) is 10.2. The average Bonchev–Trinajstić information content (AvgIpc) is 1.78. The molecule has 0 heterocycles. The van der Waals surface area contributed by atoms with Crippen LogP contribution in [0.1, 0.15) is 6.92 Å². The van der Waals surface area contributed by atoms with E-state index >= 15 is 0 Å². The van der Waals surface area contributed by atoms with Gasteiger partial charge in [-0.3, -0.25) is 0 Å². The van der Waals surface area contributed by atoms with Gasteiger partial charge in [-0.25, -0.2) is 4.79 Å². The van der Waals surface area contributed by atoms with Crippen LogP contribution in [0, 0.1) is 6.26 Å². The monoisotopic (exact) mass is 243 g/mol. The molecule has 0 unspecified atom stereocenters. The predicted molar refractivity (Wildman–Crippen MR) is 45.7 cm³/mol. The van der Waals surface area contributed by atoms with Gasteiger partial charge in [0.05, 0.1) is 11.7 Å². The topological polar surface area (TPSA) is 115 Å². The van der Waals surface area contributed by atoms with E-state index in [0.29, 0.717) is 0 Å². The van der Waals surface area contributed by atoms with E-state index in [2.05, 4.69) is 9.89 Å². The van der Waals surface area contributed by atoms with Crippen LogP contribution >= 0.6 is 0 Å². The molecule has 1 N–H and O–H groups in total. The zero-order valence-corrected chi connectivity index (χ0v) is 8.63. The Kier molecular flexibility index (Phi) is 3.80. The summed E-state index contributed by atoms with van der Waals surface area (Å²) in [6.45, 7) is 0.971. The molecule has 0 saturated heterocycles. The van der Waals surface area contributed by atoms with Crippen molar-refractivity contribution >= 4 is 26.2 Å². The molecule has 0 aromatic heterocycles. The third kappa shape index (κ3) is 5.67. The van der Waals surface area contributed by atoms with Crippen molar-refractivity contribution < 1.29 is 30.4 Å². The molecule has 0 rings (SSSR count). The number of carboxylic acid groups (broad SMARTS) is 1. The Hall–Kier alpha value is -0.930. The van der Waals surface area contributed by atoms with Crippen LogP contribution in [0.25, 0.3) is 0 Å². The summed E-state index contributed by atoms with van der Waals surface area (Å²) < 4.78 is 45.7. The van der Waals surface area contributed by atoms with Crippen molar-refractivity contribution in [3.05, 3.63) is 17.2 Å². The second-order valence-electron chi connectivity index (χ2n) is 2.22. The van der Waals surface area contributed by atoms with Crippen molar-refractivity contribution in [1.82, 2.24) is 0 Å². The lowest BCUT2D eigenvalue weighted by Crippen LogP contribution is -2.09. The van der Waals surface area contributed by atoms with Gasteiger partial charge in [-0.05, 0) is 6.92 Å². The van der Waals surface area contributed by atoms with Crippen LogP contribution in [-0.4, -0.2) is 27.9 Å². The molecule has 0 aliphatic carbocycles. The second-order valence-corrected chi connectivity index (χ2v) is 5.11. The molecule has 1 radical (unpaired) electrons. The van der Waals surface area contributed by atoms with Crippen molar-refractivity contribution in [2.75, 3.05) is 0 Å². The number of aliphatic carboxylic acids is 1. The first-order valence-electron chi connectivity index (χ1n) is 2.99. The summed E-state index contributed by atoms with van der Waals surface area (Å²) in [5.74, 6) is -1.50. The first-order chi connectivity index (χ1) is 6.03. The minimum Gasteiger partial charge on any atom is -0.478 e. The molecule has 0 aliphatic rings. The lowest BCUT2D eigenvalue weighted by Gasteiger charge is -1.97. The first-order valence-corrected chi connectivity index (χ1v) is 6.04. The number of carbonyl (C=O) groups is 1. The maximum atomic E-state index is 10.8. The summed E-state index contributed by atoms with van der Waals surface area (Å²) in [6, 6.07) is 0. The molecule has 0 atom stereocenters. The minimum atomic E-state index is -4.58. The van der Waals surface area contributed by atoms with Crippen LogP contribution in [0.15, 0.2) is 11.0 Å². The number of rotatable bonds is 4. The van der Waals surface area contributed by atoms with E-state index in [-0.39, 0.29) is 5.41 Å². The van der Waals surface area contributed by atoms with E-state index in [1.54, 1.807) is 0 Å². The summed E-state index contributed by atoms with van der Waals surface area (Å²) in [6.07, 6.45) is 2.40. The molecule has 0 aromatic rings. The van der Waals surface area contributed by atoms with E-state index in [1.165, 1.54) is 0 Å². The Morgan fingerprint density at radius 3 is 2.07 bits per heavy atom. The largest absolute Gasteiger partial charge is 0.478 e. The molecule has 9 heteroatoms. The van der Waals surface area contributed by atoms with E-state index in [9.17, 15) is 21.6 Å². The lowest BCUT2D eigenvalue weighted by molar-refractivity contribution is -0.132. The van der Waals surface area contributed by atoms with Gasteiger partial charge in [-0.2, -0.15) is 16.8 Å². The van der Waals surface area contributed by atoms with Crippen molar-refractivity contribution in [2.45, 2.75) is 6.92 Å². The third-order valence-corrected chi connectivity index (χ3v) is 3.09. The Morgan fingerprint density at radius 1 is 1.36 bits per heavy atom. The van der Waals surface area contributed by atoms with Crippen LogP contribution in [0.4, 0.5) is 0 Å². The highest BCUT2D eigenvalue weighted by Gasteiger charge is 2.17. The number of hydrogen-bond acceptors (Lipinski definition) is 6. The standard InChI is InChI=1S/C5H7O7S2/c1-4(5(6)7)3-14(10,11)12-13(2,8)9/h3H,2H2,1H3,(H,6,7). The van der Waals surface area contributed by atoms with Crippen LogP contribution in [0.5, 0.6) is 0 Å². The Morgan fingerprint density at radius 2 is 1.79 bits per heavy atom. The quantitative estimate of drug-likeness (QED) is 0.658. The molecule has 0 saturated carbocycles. The maximum absolute atomic E-state index is 10.8. The van der Waals surface area contributed by atoms with Crippen LogP contribution < -0.4 is 0 Å². The van der Waals surface area contributed by atoms with Crippen molar-refractivity contribution in [1.29, 1.82) is 0 Å². The molecule has 0 aromatic carbocycles. The molecular weight excluding hydrogens is 236 g/mol. The number of hydrogen-bond donors (Lipinski definition) is 1. The van der Waals surface area contributed by atoms with Gasteiger partial charge in [0.1, 0.15) is 0 Å². The van der Waals surface area contributed by atoms with E-state index in [0.717, 1.165) is 6.92 Å². The van der Waals surface area contributed by atoms with Gasteiger partial charge >= 0.3 is 16.1 Å². The SMILES string of the molecule is [CH2]S(=O)(=O)OS(=O)(=O)C=C(C)C(=O)O. The van der Waals surface area contributed by atoms with Gasteiger partial charge in [0.15, 0.2) is 0 Å². The van der Waals surface area contributed by atoms with Gasteiger partial charge in [-0.1, -0.05) is 0 Å². The second kappa shape index (κ2) is 4.07. The van der Waals surface area contributed by atoms with Gasteiger partial charge < -0.3 is 5.11 Å². The first kappa shape index (κ1) is 13.1. The fourth-order valence-corrected chi connectivity index (χ4v) is 2.28. The van der Waals surface area contributed by atoms with Gasteiger partial charge in [0.2, 0.25) is 0 Å². The molecule has 0 amide bonds. The number of carboxylic acids is 1. The average molecular weight is 243 g/mol. The molecule has 0 bridgehead atoms. The predicted octanol–water partition coefficient (Wildman–Crippen LogP) is -0.557. The summed E-state index contributed by atoms with van der Waals surface area (Å²) >= 11 is 0. The van der Waals surface area contributed by atoms with E-state index in [4.69, 9.17) is 5.11 Å². The molecular formula is C5H7O7S2. The van der Waals surface area contributed by atoms with Crippen molar-refractivity contribution in [3.63, 3.8) is 0 Å². The molecule has 0 aliphatic heterocycles. The summed E-state index contributed by atoms with van der Waals surface area (Å²) in [5.41, 5.74) is -0.575. The Bertz CT molecular complexity index is 452. The minimum absolute atomic E-state index is 0.179. The zero-order chi connectivity index (χ0) is 11.6. The summed E-state index contributed by atoms with van der Waals surface area (Å²) in [5, 5.41) is 8.47. The van der Waals surface area contributed by atoms with E-state index < -0.39 is 31.8 Å². The molecule has 14 heavy (non-hydrogen) atoms. The van der Waals surface area contributed by atoms with Crippen molar-refractivity contribution in [2.24, 2.45) is 0 Å². The fraction of sp³-hybridized carbons (Fsp3) is 0.200. The van der Waals surface area contributed by atoms with E-state index in [1.807, 2.05) is 0 Å². The van der Waals surface area contributed by atoms with Gasteiger partial charge in [0, 0.05) is 5.57 Å². The third-order valence-electron chi connectivity index (χ3n) is 0.857. The van der Waals surface area contributed by atoms with Crippen LogP contribution in [0.3, 0.4) is 0 Å². The normalized spacial score (nSPS) is 14.0. The van der Waals surface area contributed by atoms with Crippen molar-refractivity contribution in [3.8, 4) is 0 Å². The maximum Gasteiger partial charge on any atom is 0.332 e. The smallest absolute Gasteiger partial charge is 0.332 e. The Labute approximate surface area is 81.2 Å². The van der Waals surface area contributed by atoms with Gasteiger partial charge in [-0.15, -0.1) is 3.63 Å². The fourth-order valence-electron chi connectivity index (χ4n) is 0.431. The highest BCUT2D eigenvalue weighted by atomic mass is 32.3. The highest BCUT2D eigenvalue weighted by molar-refractivity contribution is 8.01.